The van der Waals surface area contributed by atoms with Crippen molar-refractivity contribution >= 4 is 22.0 Å². The summed E-state index contributed by atoms with van der Waals surface area (Å²) in [6.45, 7) is 0.269. The number of hydrogen-bond acceptors (Lipinski definition) is 5. The Kier molecular flexibility index (Phi) is 4.04. The Morgan fingerprint density at radius 1 is 1.40 bits per heavy atom. The molecule has 0 spiro atoms. The predicted molar refractivity (Wildman–Crippen MR) is 69.3 cm³/mol. The van der Waals surface area contributed by atoms with Gasteiger partial charge in [0.1, 0.15) is 0 Å². The molecule has 0 saturated carbocycles. The Morgan fingerprint density at radius 2 is 2.05 bits per heavy atom. The third kappa shape index (κ3) is 3.33. The molecule has 0 bridgehead atoms. The lowest BCUT2D eigenvalue weighted by atomic mass is 9.99. The number of carbonyl (C=O) groups is 1. The second kappa shape index (κ2) is 5.59. The number of carboxylic acid groups (broad SMARTS) is 1. The lowest BCUT2D eigenvalue weighted by molar-refractivity contribution is -0.142. The van der Waals surface area contributed by atoms with Crippen molar-refractivity contribution in [1.82, 2.24) is 14.5 Å². The molecule has 1 fully saturated rings. The molecule has 20 heavy (non-hydrogen) atoms. The van der Waals surface area contributed by atoms with Gasteiger partial charge in [-0.2, -0.15) is 17.8 Å². The number of aromatic amines is 1. The fourth-order valence-electron chi connectivity index (χ4n) is 1.94. The average molecular weight is 302 g/mol. The minimum atomic E-state index is -3.79. The van der Waals surface area contributed by atoms with E-state index in [0.717, 1.165) is 6.07 Å². The van der Waals surface area contributed by atoms with Gasteiger partial charge < -0.3 is 5.11 Å². The Balaban J connectivity index is 2.03. The molecule has 1 aliphatic heterocycles. The monoisotopic (exact) mass is 302 g/mol. The molecular formula is C10H14N4O5S. The quantitative estimate of drug-likeness (QED) is 0.668. The predicted octanol–water partition coefficient (Wildman–Crippen LogP) is -0.777. The number of aliphatic carboxylic acids is 1. The summed E-state index contributed by atoms with van der Waals surface area (Å²) in [6.07, 6.45) is 0.546. The molecule has 0 amide bonds. The number of aromatic nitrogens is 2. The molecule has 1 aromatic heterocycles. The molecule has 0 atom stereocenters. The van der Waals surface area contributed by atoms with Gasteiger partial charge >= 0.3 is 16.2 Å². The van der Waals surface area contributed by atoms with Crippen LogP contribution < -0.4 is 10.3 Å². The summed E-state index contributed by atoms with van der Waals surface area (Å²) in [5, 5.41) is 14.5. The normalized spacial score (nSPS) is 17.8. The van der Waals surface area contributed by atoms with Crippen molar-refractivity contribution in [2.75, 3.05) is 17.8 Å². The number of hydrogen-bond donors (Lipinski definition) is 3. The van der Waals surface area contributed by atoms with Gasteiger partial charge in [0.2, 0.25) is 0 Å². The minimum absolute atomic E-state index is 0.00459. The van der Waals surface area contributed by atoms with Crippen LogP contribution in [0.5, 0.6) is 0 Å². The molecule has 9 nitrogen and oxygen atoms in total. The zero-order valence-electron chi connectivity index (χ0n) is 10.4. The van der Waals surface area contributed by atoms with E-state index in [1.165, 1.54) is 10.4 Å². The first-order valence-electron chi connectivity index (χ1n) is 5.95. The lowest BCUT2D eigenvalue weighted by Crippen LogP contribution is -2.43. The highest BCUT2D eigenvalue weighted by Crippen LogP contribution is 2.20. The van der Waals surface area contributed by atoms with Crippen molar-refractivity contribution < 1.29 is 18.3 Å². The maximum Gasteiger partial charge on any atom is 0.306 e. The van der Waals surface area contributed by atoms with Crippen LogP contribution >= 0.6 is 0 Å². The van der Waals surface area contributed by atoms with Crippen molar-refractivity contribution in [1.29, 1.82) is 0 Å². The van der Waals surface area contributed by atoms with Crippen LogP contribution in [0.3, 0.4) is 0 Å². The first-order valence-corrected chi connectivity index (χ1v) is 7.39. The molecule has 1 saturated heterocycles. The van der Waals surface area contributed by atoms with Gasteiger partial charge in [-0.1, -0.05) is 0 Å². The molecule has 1 aliphatic rings. The van der Waals surface area contributed by atoms with Crippen molar-refractivity contribution in [2.24, 2.45) is 5.92 Å². The van der Waals surface area contributed by atoms with Crippen molar-refractivity contribution in [3.63, 3.8) is 0 Å². The van der Waals surface area contributed by atoms with Crippen LogP contribution in [0.2, 0.25) is 0 Å². The summed E-state index contributed by atoms with van der Waals surface area (Å²) in [7, 11) is -3.79. The third-order valence-corrected chi connectivity index (χ3v) is 4.57. The molecule has 2 rings (SSSR count). The number of nitrogens with one attached hydrogen (secondary N) is 2. The molecule has 0 radical (unpaired) electrons. The number of carboxylic acids is 1. The van der Waals surface area contributed by atoms with E-state index >= 15 is 0 Å². The molecule has 110 valence electrons. The number of rotatable bonds is 4. The maximum atomic E-state index is 12.1. The van der Waals surface area contributed by atoms with Crippen molar-refractivity contribution in [2.45, 2.75) is 12.8 Å². The Hall–Kier alpha value is -1.94. The Labute approximate surface area is 114 Å². The van der Waals surface area contributed by atoms with Gasteiger partial charge in [-0.15, -0.1) is 0 Å². The second-order valence-corrected chi connectivity index (χ2v) is 6.10. The third-order valence-electron chi connectivity index (χ3n) is 3.06. The molecule has 0 aromatic carbocycles. The molecule has 3 N–H and O–H groups in total. The van der Waals surface area contributed by atoms with Gasteiger partial charge in [0.15, 0.2) is 5.82 Å². The van der Waals surface area contributed by atoms with Crippen LogP contribution in [-0.2, 0) is 15.0 Å². The topological polar surface area (TPSA) is 132 Å². The first kappa shape index (κ1) is 14.5. The zero-order valence-corrected chi connectivity index (χ0v) is 11.3. The van der Waals surface area contributed by atoms with E-state index in [1.54, 1.807) is 0 Å². The summed E-state index contributed by atoms with van der Waals surface area (Å²) in [5.41, 5.74) is -0.435. The molecule has 10 heteroatoms. The highest BCUT2D eigenvalue weighted by molar-refractivity contribution is 7.90. The van der Waals surface area contributed by atoms with Crippen LogP contribution in [0.15, 0.2) is 16.9 Å². The number of piperidine rings is 1. The van der Waals surface area contributed by atoms with Gasteiger partial charge in [-0.25, -0.2) is 5.10 Å². The Bertz CT molecular complexity index is 627. The highest BCUT2D eigenvalue weighted by atomic mass is 32.2. The van der Waals surface area contributed by atoms with Crippen LogP contribution in [0, 0.1) is 5.92 Å². The van der Waals surface area contributed by atoms with Gasteiger partial charge in [-0.3, -0.25) is 14.3 Å². The van der Waals surface area contributed by atoms with E-state index in [0.29, 0.717) is 0 Å². The number of anilines is 1. The van der Waals surface area contributed by atoms with E-state index in [2.05, 4.69) is 14.9 Å². The van der Waals surface area contributed by atoms with Gasteiger partial charge in [0.25, 0.3) is 5.56 Å². The van der Waals surface area contributed by atoms with Gasteiger partial charge in [0, 0.05) is 19.2 Å². The van der Waals surface area contributed by atoms with E-state index in [4.69, 9.17) is 5.11 Å². The molecule has 2 heterocycles. The van der Waals surface area contributed by atoms with Crippen LogP contribution in [0.1, 0.15) is 12.8 Å². The number of H-pyrrole nitrogens is 1. The SMILES string of the molecule is O=C(O)C1CCN(S(=O)(=O)Nc2ccc(=O)[nH]n2)CC1. The van der Waals surface area contributed by atoms with E-state index in [-0.39, 0.29) is 31.7 Å². The summed E-state index contributed by atoms with van der Waals surface area (Å²) >= 11 is 0. The molecule has 0 aliphatic carbocycles. The highest BCUT2D eigenvalue weighted by Gasteiger charge is 2.31. The number of nitrogens with zero attached hydrogens (tertiary/aromatic N) is 2. The second-order valence-electron chi connectivity index (χ2n) is 4.43. The summed E-state index contributed by atoms with van der Waals surface area (Å²) < 4.78 is 27.5. The smallest absolute Gasteiger partial charge is 0.306 e. The zero-order chi connectivity index (χ0) is 14.8. The molecular weight excluding hydrogens is 288 g/mol. The Morgan fingerprint density at radius 3 is 2.55 bits per heavy atom. The van der Waals surface area contributed by atoms with E-state index < -0.39 is 27.7 Å². The van der Waals surface area contributed by atoms with Crippen molar-refractivity contribution in [3.8, 4) is 0 Å². The summed E-state index contributed by atoms with van der Waals surface area (Å²) in [4.78, 5) is 21.6. The lowest BCUT2D eigenvalue weighted by Gasteiger charge is -2.29. The first-order chi connectivity index (χ1) is 9.38. The fourth-order valence-corrected chi connectivity index (χ4v) is 3.14. The average Bonchev–Trinajstić information content (AvgIpc) is 2.41. The fraction of sp³-hybridized carbons (Fsp3) is 0.500. The van der Waals surface area contributed by atoms with Crippen LogP contribution in [0.25, 0.3) is 0 Å². The van der Waals surface area contributed by atoms with Crippen molar-refractivity contribution in [3.05, 3.63) is 22.5 Å². The standard InChI is InChI=1S/C10H14N4O5S/c15-9-2-1-8(11-12-9)13-20(18,19)14-5-3-7(4-6-14)10(16)17/h1-2,7H,3-6H2,(H,11,13)(H,12,15)(H,16,17). The summed E-state index contributed by atoms with van der Waals surface area (Å²) in [5.74, 6) is -1.41. The van der Waals surface area contributed by atoms with E-state index in [1.807, 2.05) is 0 Å². The van der Waals surface area contributed by atoms with Crippen LogP contribution in [0.4, 0.5) is 5.82 Å². The minimum Gasteiger partial charge on any atom is -0.481 e. The summed E-state index contributed by atoms with van der Waals surface area (Å²) in [6, 6.07) is 2.40. The van der Waals surface area contributed by atoms with Gasteiger partial charge in [-0.05, 0) is 18.9 Å². The largest absolute Gasteiger partial charge is 0.481 e. The molecule has 0 unspecified atom stereocenters. The van der Waals surface area contributed by atoms with E-state index in [9.17, 15) is 18.0 Å². The molecule has 1 aromatic rings. The maximum absolute atomic E-state index is 12.1. The van der Waals surface area contributed by atoms with Gasteiger partial charge in [0.05, 0.1) is 5.92 Å². The van der Waals surface area contributed by atoms with Crippen LogP contribution in [-0.4, -0.2) is 47.1 Å².